The second kappa shape index (κ2) is 3.83. The van der Waals surface area contributed by atoms with Gasteiger partial charge in [0.15, 0.2) is 0 Å². The van der Waals surface area contributed by atoms with Crippen molar-refractivity contribution >= 4 is 5.78 Å². The minimum Gasteiger partial charge on any atom is -0.380 e. The monoisotopic (exact) mass is 157 g/mol. The predicted octanol–water partition coefficient (Wildman–Crippen LogP) is 0.154. The van der Waals surface area contributed by atoms with Gasteiger partial charge in [-0.25, -0.2) is 0 Å². The second-order valence-electron chi connectivity index (χ2n) is 3.25. The fourth-order valence-electron chi connectivity index (χ4n) is 1.29. The molecular weight excluding hydrogens is 142 g/mol. The first-order valence-electron chi connectivity index (χ1n) is 3.95. The van der Waals surface area contributed by atoms with Crippen LogP contribution >= 0.6 is 0 Å². The third kappa shape index (κ3) is 2.60. The maximum atomic E-state index is 11.2. The fraction of sp³-hybridized carbons (Fsp3) is 0.875. The Morgan fingerprint density at radius 3 is 2.91 bits per heavy atom. The van der Waals surface area contributed by atoms with Crippen molar-refractivity contribution in [1.82, 2.24) is 4.90 Å². The van der Waals surface area contributed by atoms with Crippen LogP contribution in [0.2, 0.25) is 0 Å². The summed E-state index contributed by atoms with van der Waals surface area (Å²) < 4.78 is 5.21. The van der Waals surface area contributed by atoms with Gasteiger partial charge < -0.3 is 9.64 Å². The van der Waals surface area contributed by atoms with Gasteiger partial charge in [0, 0.05) is 13.0 Å². The van der Waals surface area contributed by atoms with Crippen LogP contribution in [-0.4, -0.2) is 44.5 Å². The molecule has 0 aliphatic carbocycles. The molecule has 0 aromatic heterocycles. The molecule has 0 bridgehead atoms. The second-order valence-corrected chi connectivity index (χ2v) is 3.25. The molecule has 1 heterocycles. The van der Waals surface area contributed by atoms with Crippen LogP contribution in [0.4, 0.5) is 0 Å². The van der Waals surface area contributed by atoms with E-state index in [0.29, 0.717) is 25.4 Å². The Labute approximate surface area is 67.3 Å². The van der Waals surface area contributed by atoms with Crippen LogP contribution in [0.25, 0.3) is 0 Å². The van der Waals surface area contributed by atoms with Gasteiger partial charge in [0.25, 0.3) is 0 Å². The molecule has 0 N–H and O–H groups in total. The highest BCUT2D eigenvalue weighted by Crippen LogP contribution is 2.09. The van der Waals surface area contributed by atoms with E-state index in [-0.39, 0.29) is 5.92 Å². The zero-order valence-corrected chi connectivity index (χ0v) is 7.17. The lowest BCUT2D eigenvalue weighted by atomic mass is 10.0. The average Bonchev–Trinajstić information content (AvgIpc) is 1.93. The molecule has 0 radical (unpaired) electrons. The van der Waals surface area contributed by atoms with Crippen molar-refractivity contribution in [1.29, 1.82) is 0 Å². The summed E-state index contributed by atoms with van der Waals surface area (Å²) in [7, 11) is 3.95. The van der Waals surface area contributed by atoms with Crippen molar-refractivity contribution in [3.05, 3.63) is 0 Å². The van der Waals surface area contributed by atoms with E-state index in [1.165, 1.54) is 0 Å². The number of nitrogens with zero attached hydrogens (tertiary/aromatic N) is 1. The number of carbonyl (C=O) groups is 1. The van der Waals surface area contributed by atoms with Gasteiger partial charge >= 0.3 is 0 Å². The molecule has 1 atom stereocenters. The molecule has 0 saturated carbocycles. The Kier molecular flexibility index (Phi) is 3.02. The highest BCUT2D eigenvalue weighted by Gasteiger charge is 2.22. The molecule has 1 aliphatic heterocycles. The van der Waals surface area contributed by atoms with Gasteiger partial charge in [0.05, 0.1) is 19.1 Å². The van der Waals surface area contributed by atoms with E-state index in [0.717, 1.165) is 6.54 Å². The van der Waals surface area contributed by atoms with Crippen LogP contribution in [-0.2, 0) is 9.53 Å². The van der Waals surface area contributed by atoms with Crippen LogP contribution in [0.3, 0.4) is 0 Å². The SMILES string of the molecule is CN(C)C[C@@H]1COCCC1=O. The molecule has 0 amide bonds. The molecule has 0 aromatic rings. The normalized spacial score (nSPS) is 26.1. The lowest BCUT2D eigenvalue weighted by molar-refractivity contribution is -0.131. The van der Waals surface area contributed by atoms with Crippen LogP contribution in [0, 0.1) is 5.92 Å². The summed E-state index contributed by atoms with van der Waals surface area (Å²) in [5.41, 5.74) is 0. The molecule has 1 aliphatic rings. The Morgan fingerprint density at radius 1 is 1.64 bits per heavy atom. The van der Waals surface area contributed by atoms with E-state index < -0.39 is 0 Å². The van der Waals surface area contributed by atoms with E-state index in [1.54, 1.807) is 0 Å². The highest BCUT2D eigenvalue weighted by atomic mass is 16.5. The molecule has 3 nitrogen and oxygen atoms in total. The topological polar surface area (TPSA) is 29.5 Å². The molecule has 0 spiro atoms. The van der Waals surface area contributed by atoms with Gasteiger partial charge in [0.2, 0.25) is 0 Å². The Hall–Kier alpha value is -0.410. The van der Waals surface area contributed by atoms with E-state index in [1.807, 2.05) is 19.0 Å². The number of hydrogen-bond donors (Lipinski definition) is 0. The number of Topliss-reactive ketones (excluding diaryl/α,β-unsaturated/α-hetero) is 1. The van der Waals surface area contributed by atoms with Crippen molar-refractivity contribution in [3.8, 4) is 0 Å². The molecule has 0 aromatic carbocycles. The molecule has 1 saturated heterocycles. The van der Waals surface area contributed by atoms with E-state index in [9.17, 15) is 4.79 Å². The lowest BCUT2D eigenvalue weighted by Crippen LogP contribution is -2.35. The largest absolute Gasteiger partial charge is 0.380 e. The van der Waals surface area contributed by atoms with Gasteiger partial charge in [-0.05, 0) is 14.1 Å². The van der Waals surface area contributed by atoms with Crippen molar-refractivity contribution < 1.29 is 9.53 Å². The summed E-state index contributed by atoms with van der Waals surface area (Å²) in [5.74, 6) is 0.462. The maximum Gasteiger partial charge on any atom is 0.141 e. The molecule has 64 valence electrons. The number of ketones is 1. The first kappa shape index (κ1) is 8.68. The summed E-state index contributed by atoms with van der Waals surface area (Å²) in [5, 5.41) is 0. The number of carbonyl (C=O) groups excluding carboxylic acids is 1. The van der Waals surface area contributed by atoms with Gasteiger partial charge in [-0.1, -0.05) is 0 Å². The summed E-state index contributed by atoms with van der Waals surface area (Å²) in [6.07, 6.45) is 0.596. The van der Waals surface area contributed by atoms with Gasteiger partial charge in [-0.3, -0.25) is 4.79 Å². The van der Waals surface area contributed by atoms with Crippen molar-refractivity contribution in [2.24, 2.45) is 5.92 Å². The minimum atomic E-state index is 0.110. The Morgan fingerprint density at radius 2 is 2.36 bits per heavy atom. The minimum absolute atomic E-state index is 0.110. The van der Waals surface area contributed by atoms with Crippen molar-refractivity contribution in [3.63, 3.8) is 0 Å². The molecule has 1 rings (SSSR count). The Balaban J connectivity index is 2.36. The van der Waals surface area contributed by atoms with Crippen LogP contribution in [0.5, 0.6) is 0 Å². The predicted molar refractivity (Wildman–Crippen MR) is 42.5 cm³/mol. The summed E-state index contributed by atoms with van der Waals surface area (Å²) >= 11 is 0. The van der Waals surface area contributed by atoms with Gasteiger partial charge in [0.1, 0.15) is 5.78 Å². The van der Waals surface area contributed by atoms with Gasteiger partial charge in [-0.2, -0.15) is 0 Å². The molecule has 11 heavy (non-hydrogen) atoms. The number of hydrogen-bond acceptors (Lipinski definition) is 3. The first-order chi connectivity index (χ1) is 5.20. The van der Waals surface area contributed by atoms with E-state index in [4.69, 9.17) is 4.74 Å². The quantitative estimate of drug-likeness (QED) is 0.571. The van der Waals surface area contributed by atoms with Crippen molar-refractivity contribution in [2.45, 2.75) is 6.42 Å². The Bertz CT molecular complexity index is 145. The highest BCUT2D eigenvalue weighted by molar-refractivity contribution is 5.81. The van der Waals surface area contributed by atoms with Crippen LogP contribution in [0.1, 0.15) is 6.42 Å². The van der Waals surface area contributed by atoms with Crippen molar-refractivity contribution in [2.75, 3.05) is 33.9 Å². The van der Waals surface area contributed by atoms with Crippen LogP contribution in [0.15, 0.2) is 0 Å². The maximum absolute atomic E-state index is 11.2. The first-order valence-corrected chi connectivity index (χ1v) is 3.95. The lowest BCUT2D eigenvalue weighted by Gasteiger charge is -2.23. The molecule has 3 heteroatoms. The third-order valence-electron chi connectivity index (χ3n) is 1.85. The number of ether oxygens (including phenoxy) is 1. The van der Waals surface area contributed by atoms with E-state index >= 15 is 0 Å². The third-order valence-corrected chi connectivity index (χ3v) is 1.85. The molecule has 0 unspecified atom stereocenters. The van der Waals surface area contributed by atoms with E-state index in [2.05, 4.69) is 0 Å². The smallest absolute Gasteiger partial charge is 0.141 e. The summed E-state index contributed by atoms with van der Waals surface area (Å²) in [4.78, 5) is 13.2. The summed E-state index contributed by atoms with van der Waals surface area (Å²) in [6.45, 7) is 2.04. The summed E-state index contributed by atoms with van der Waals surface area (Å²) in [6, 6.07) is 0. The average molecular weight is 157 g/mol. The van der Waals surface area contributed by atoms with Gasteiger partial charge in [-0.15, -0.1) is 0 Å². The molecular formula is C8H15NO2. The standard InChI is InChI=1S/C8H15NO2/c1-9(2)5-7-6-11-4-3-8(7)10/h7H,3-6H2,1-2H3/t7-/m1/s1. The number of rotatable bonds is 2. The fourth-order valence-corrected chi connectivity index (χ4v) is 1.29. The zero-order valence-electron chi connectivity index (χ0n) is 7.17. The zero-order chi connectivity index (χ0) is 8.27. The van der Waals surface area contributed by atoms with Crippen LogP contribution < -0.4 is 0 Å². The molecule has 1 fully saturated rings.